The molecule has 0 aromatic heterocycles. The average molecular weight is 404 g/mol. The Morgan fingerprint density at radius 2 is 1.25 bits per heavy atom. The summed E-state index contributed by atoms with van der Waals surface area (Å²) < 4.78 is 0. The van der Waals surface area contributed by atoms with Gasteiger partial charge >= 0.3 is 18.1 Å². The smallest absolute Gasteiger partial charge is 0.360 e. The van der Waals surface area contributed by atoms with Gasteiger partial charge in [-0.15, -0.1) is 0 Å². The zero-order valence-corrected chi connectivity index (χ0v) is 15.6. The molecule has 5 unspecified atom stereocenters. The van der Waals surface area contributed by atoms with Crippen molar-refractivity contribution in [3.8, 4) is 0 Å². The molecule has 3 saturated heterocycles. The summed E-state index contributed by atoms with van der Waals surface area (Å²) in [5.41, 5.74) is -2.08. The minimum atomic E-state index is -2.08. The van der Waals surface area contributed by atoms with Gasteiger partial charge in [-0.05, 0) is 20.8 Å². The van der Waals surface area contributed by atoms with Gasteiger partial charge in [0.15, 0.2) is 30.6 Å². The van der Waals surface area contributed by atoms with Crippen LogP contribution in [0.5, 0.6) is 0 Å². The lowest BCUT2D eigenvalue weighted by Gasteiger charge is -2.36. The number of hydrogen-bond acceptors (Lipinski definition) is 8. The number of likely N-dealkylation sites (N-methyl/N-ethyl adjacent to an activating group) is 2. The lowest BCUT2D eigenvalue weighted by atomic mass is 10.3. The molecule has 0 radical (unpaired) electrons. The van der Waals surface area contributed by atoms with E-state index < -0.39 is 55.3 Å². The molecule has 14 heteroatoms. The third kappa shape index (κ3) is 2.56. The normalized spacial score (nSPS) is 36.6. The Balaban J connectivity index is 1.94. The zero-order valence-electron chi connectivity index (χ0n) is 15.6. The molecule has 0 aliphatic carbocycles. The number of urea groups is 3. The van der Waals surface area contributed by atoms with Gasteiger partial charge in [0.1, 0.15) is 0 Å². The third-order valence-corrected chi connectivity index (χ3v) is 5.02. The maximum Gasteiger partial charge on any atom is 0.360 e. The van der Waals surface area contributed by atoms with Crippen molar-refractivity contribution in [2.24, 2.45) is 0 Å². The molecule has 3 heterocycles. The Labute approximate surface area is 159 Å². The second-order valence-corrected chi connectivity index (χ2v) is 6.85. The molecule has 5 N–H and O–H groups in total. The van der Waals surface area contributed by atoms with Gasteiger partial charge < -0.3 is 25.5 Å². The molecule has 0 bridgehead atoms. The number of rotatable bonds is 4. The van der Waals surface area contributed by atoms with Gasteiger partial charge in [-0.25, -0.2) is 19.4 Å². The van der Waals surface area contributed by atoms with Crippen LogP contribution in [0.3, 0.4) is 0 Å². The van der Waals surface area contributed by atoms with E-state index in [1.165, 1.54) is 0 Å². The number of amides is 6. The summed E-state index contributed by atoms with van der Waals surface area (Å²) in [6.07, 6.45) is -6.86. The van der Waals surface area contributed by atoms with Gasteiger partial charge in [-0.3, -0.25) is 9.80 Å². The van der Waals surface area contributed by atoms with E-state index in [1.807, 2.05) is 0 Å². The van der Waals surface area contributed by atoms with Gasteiger partial charge in [0.25, 0.3) is 0 Å². The predicted octanol–water partition coefficient (Wildman–Crippen LogP) is -2.95. The summed E-state index contributed by atoms with van der Waals surface area (Å²) >= 11 is 0. The second-order valence-electron chi connectivity index (χ2n) is 6.85. The first-order valence-electron chi connectivity index (χ1n) is 8.75. The van der Waals surface area contributed by atoms with E-state index in [0.29, 0.717) is 20.0 Å². The van der Waals surface area contributed by atoms with Gasteiger partial charge in [0, 0.05) is 13.1 Å². The van der Waals surface area contributed by atoms with E-state index >= 15 is 0 Å². The average Bonchev–Trinajstić information content (AvgIpc) is 3.07. The fourth-order valence-electron chi connectivity index (χ4n) is 3.61. The Hall–Kier alpha value is -2.39. The van der Waals surface area contributed by atoms with E-state index in [4.69, 9.17) is 0 Å². The van der Waals surface area contributed by atoms with Crippen LogP contribution in [0.25, 0.3) is 0 Å². The van der Waals surface area contributed by atoms with Crippen LogP contribution in [-0.2, 0) is 0 Å². The summed E-state index contributed by atoms with van der Waals surface area (Å²) in [5, 5.41) is 53.4. The number of hydrazine groups is 2. The first kappa shape index (κ1) is 20.3. The Morgan fingerprint density at radius 3 is 1.68 bits per heavy atom. The number of nitrogens with zero attached hydrogens (tertiary/aromatic N) is 6. The minimum absolute atomic E-state index is 0.0302. The summed E-state index contributed by atoms with van der Waals surface area (Å²) in [7, 11) is 0. The summed E-state index contributed by atoms with van der Waals surface area (Å²) in [6.45, 7) is 3.79. The molecule has 3 fully saturated rings. The molecule has 0 aromatic rings. The fourth-order valence-corrected chi connectivity index (χ4v) is 3.61. The zero-order chi connectivity index (χ0) is 21.1. The van der Waals surface area contributed by atoms with Gasteiger partial charge in [-0.2, -0.15) is 15.0 Å². The largest absolute Gasteiger partial charge is 0.369 e. The Morgan fingerprint density at radius 1 is 0.821 bits per heavy atom. The first-order valence-corrected chi connectivity index (χ1v) is 8.75. The fraction of sp³-hybridized carbons (Fsp3) is 0.786. The lowest BCUT2D eigenvalue weighted by molar-refractivity contribution is -0.182. The highest BCUT2D eigenvalue weighted by atomic mass is 16.4. The summed E-state index contributed by atoms with van der Waals surface area (Å²) in [4.78, 5) is 39.7. The van der Waals surface area contributed by atoms with Crippen molar-refractivity contribution in [3.63, 3.8) is 0 Å². The molecule has 0 aromatic carbocycles. The maximum atomic E-state index is 13.0. The third-order valence-electron chi connectivity index (χ3n) is 5.02. The maximum absolute atomic E-state index is 13.0. The van der Waals surface area contributed by atoms with E-state index in [0.717, 1.165) is 16.7 Å². The molecular formula is C14H24N6O8. The molecule has 158 valence electrons. The van der Waals surface area contributed by atoms with Gasteiger partial charge in [0.2, 0.25) is 0 Å². The highest BCUT2D eigenvalue weighted by Crippen LogP contribution is 2.35. The van der Waals surface area contributed by atoms with E-state index in [1.54, 1.807) is 13.8 Å². The van der Waals surface area contributed by atoms with Crippen molar-refractivity contribution in [3.05, 3.63) is 0 Å². The standard InChI is InChI=1S/C14H24N6O8/c1-4-15-7(21)9(23)18(11(15)25)17-6-14(3,28)20(13(17)27)19-10(24)8(22)16(5-2)12(19)26/h7-10,21-24,28H,4-6H2,1-3H3. The number of aliphatic hydroxyl groups excluding tert-OH is 4. The molecule has 0 spiro atoms. The van der Waals surface area contributed by atoms with Crippen LogP contribution >= 0.6 is 0 Å². The quantitative estimate of drug-likeness (QED) is 0.331. The van der Waals surface area contributed by atoms with E-state index in [2.05, 4.69) is 0 Å². The molecule has 3 rings (SSSR count). The molecular weight excluding hydrogens is 380 g/mol. The number of carbonyl (C=O) groups is 3. The Kier molecular flexibility index (Phi) is 4.79. The molecule has 3 aliphatic heterocycles. The van der Waals surface area contributed by atoms with Crippen molar-refractivity contribution in [2.45, 2.75) is 51.4 Å². The number of β-amino-alcohol motifs (C(OH)–C–C–N with tert-alkyl or cyclic N) is 1. The van der Waals surface area contributed by atoms with E-state index in [9.17, 15) is 39.9 Å². The van der Waals surface area contributed by atoms with Crippen LogP contribution in [0.2, 0.25) is 0 Å². The van der Waals surface area contributed by atoms with Crippen LogP contribution in [0.15, 0.2) is 0 Å². The SMILES string of the molecule is CCN1C(=O)N(N2CC(C)(O)N(N3C(=O)N(CC)C(O)C3O)C2=O)C(O)C1O. The predicted molar refractivity (Wildman–Crippen MR) is 87.8 cm³/mol. The first-order chi connectivity index (χ1) is 13.0. The minimum Gasteiger partial charge on any atom is -0.369 e. The molecule has 14 nitrogen and oxygen atoms in total. The summed E-state index contributed by atoms with van der Waals surface area (Å²) in [6, 6.07) is -2.92. The molecule has 3 aliphatic rings. The lowest BCUT2D eigenvalue weighted by Crippen LogP contribution is -2.59. The number of carbonyl (C=O) groups excluding carboxylic acids is 3. The Bertz CT molecular complexity index is 691. The number of hydrogen-bond donors (Lipinski definition) is 5. The van der Waals surface area contributed by atoms with Gasteiger partial charge in [-0.1, -0.05) is 0 Å². The van der Waals surface area contributed by atoms with Crippen molar-refractivity contribution >= 4 is 18.1 Å². The molecule has 6 amide bonds. The van der Waals surface area contributed by atoms with Crippen LogP contribution in [-0.4, -0.2) is 124 Å². The van der Waals surface area contributed by atoms with Crippen molar-refractivity contribution in [1.29, 1.82) is 0 Å². The number of aliphatic hydroxyl groups is 5. The topological polar surface area (TPSA) is 172 Å². The van der Waals surface area contributed by atoms with Crippen molar-refractivity contribution in [1.82, 2.24) is 29.8 Å². The van der Waals surface area contributed by atoms with E-state index in [-0.39, 0.29) is 13.1 Å². The monoisotopic (exact) mass is 404 g/mol. The molecule has 5 atom stereocenters. The summed E-state index contributed by atoms with van der Waals surface area (Å²) in [5.74, 6) is 0. The van der Waals surface area contributed by atoms with Crippen LogP contribution < -0.4 is 0 Å². The molecule has 28 heavy (non-hydrogen) atoms. The highest BCUT2D eigenvalue weighted by Gasteiger charge is 2.60. The second kappa shape index (κ2) is 6.59. The molecule has 0 saturated carbocycles. The highest BCUT2D eigenvalue weighted by molar-refractivity contribution is 5.86. The van der Waals surface area contributed by atoms with Crippen molar-refractivity contribution in [2.75, 3.05) is 19.6 Å². The van der Waals surface area contributed by atoms with Crippen LogP contribution in [0.4, 0.5) is 14.4 Å². The van der Waals surface area contributed by atoms with Crippen molar-refractivity contribution < 1.29 is 39.9 Å². The van der Waals surface area contributed by atoms with Gasteiger partial charge in [0.05, 0.1) is 6.54 Å². The van der Waals surface area contributed by atoms with Crippen LogP contribution in [0.1, 0.15) is 20.8 Å². The van der Waals surface area contributed by atoms with Crippen LogP contribution in [0, 0.1) is 0 Å².